The first kappa shape index (κ1) is 20.9. The van der Waals surface area contributed by atoms with E-state index < -0.39 is 0 Å². The van der Waals surface area contributed by atoms with Crippen LogP contribution in [0.1, 0.15) is 30.9 Å². The maximum atomic E-state index is 12.9. The molecule has 0 N–H and O–H groups in total. The molecule has 3 rings (SSSR count). The van der Waals surface area contributed by atoms with Gasteiger partial charge in [-0.05, 0) is 57.0 Å². The Morgan fingerprint density at radius 2 is 1.93 bits per heavy atom. The summed E-state index contributed by atoms with van der Waals surface area (Å²) in [5.74, 6) is 1.17. The van der Waals surface area contributed by atoms with Crippen molar-refractivity contribution < 1.29 is 13.9 Å². The van der Waals surface area contributed by atoms with Gasteiger partial charge in [-0.1, -0.05) is 42.1 Å². The first-order valence-corrected chi connectivity index (χ1v) is 10.4. The zero-order valence-electron chi connectivity index (χ0n) is 17.1. The summed E-state index contributed by atoms with van der Waals surface area (Å²) >= 11 is 1.25. The fraction of sp³-hybridized carbons (Fsp3) is 0.318. The second kappa shape index (κ2) is 9.60. The Balaban J connectivity index is 1.60. The van der Waals surface area contributed by atoms with Crippen molar-refractivity contribution in [1.29, 1.82) is 0 Å². The van der Waals surface area contributed by atoms with E-state index in [1.807, 2.05) is 76.2 Å². The number of nitrogens with zero attached hydrogens (tertiary/aromatic N) is 3. The molecule has 0 aliphatic rings. The van der Waals surface area contributed by atoms with Crippen molar-refractivity contribution in [3.05, 3.63) is 65.5 Å². The Labute approximate surface area is 175 Å². The number of amides is 1. The third kappa shape index (κ3) is 5.38. The molecule has 0 aliphatic carbocycles. The van der Waals surface area contributed by atoms with Gasteiger partial charge in [-0.25, -0.2) is 0 Å². The molecule has 1 atom stereocenters. The van der Waals surface area contributed by atoms with Crippen LogP contribution in [0.25, 0.3) is 0 Å². The van der Waals surface area contributed by atoms with E-state index in [9.17, 15) is 4.79 Å². The van der Waals surface area contributed by atoms with Gasteiger partial charge in [0.1, 0.15) is 5.75 Å². The summed E-state index contributed by atoms with van der Waals surface area (Å²) in [4.78, 5) is 14.6. The second-order valence-electron chi connectivity index (χ2n) is 6.70. The first-order valence-electron chi connectivity index (χ1n) is 9.53. The first-order chi connectivity index (χ1) is 14.0. The van der Waals surface area contributed by atoms with E-state index in [1.54, 1.807) is 4.90 Å². The molecular weight excluding hydrogens is 386 g/mol. The van der Waals surface area contributed by atoms with Crippen molar-refractivity contribution in [2.75, 3.05) is 11.4 Å². The number of anilines is 1. The lowest BCUT2D eigenvalue weighted by Crippen LogP contribution is -2.36. The molecule has 0 radical (unpaired) electrons. The minimum Gasteiger partial charge on any atom is -0.484 e. The minimum atomic E-state index is -0.358. The van der Waals surface area contributed by atoms with Crippen LogP contribution in [0.3, 0.4) is 0 Å². The predicted octanol–water partition coefficient (Wildman–Crippen LogP) is 4.80. The summed E-state index contributed by atoms with van der Waals surface area (Å²) in [5, 5.41) is 8.07. The molecule has 0 saturated carbocycles. The largest absolute Gasteiger partial charge is 0.484 e. The summed E-state index contributed by atoms with van der Waals surface area (Å²) in [7, 11) is 0. The fourth-order valence-electron chi connectivity index (χ4n) is 2.84. The lowest BCUT2D eigenvalue weighted by molar-refractivity contribution is -0.117. The molecule has 6 nitrogen and oxygen atoms in total. The maximum Gasteiger partial charge on any atom is 0.277 e. The number of carbonyl (C=O) groups excluding carboxylic acids is 1. The van der Waals surface area contributed by atoms with Gasteiger partial charge in [0, 0.05) is 12.2 Å². The maximum absolute atomic E-state index is 12.9. The van der Waals surface area contributed by atoms with Crippen LogP contribution in [-0.4, -0.2) is 27.9 Å². The minimum absolute atomic E-state index is 0.00455. The summed E-state index contributed by atoms with van der Waals surface area (Å²) in [5.41, 5.74) is 3.05. The molecule has 2 aromatic carbocycles. The van der Waals surface area contributed by atoms with Crippen LogP contribution in [0.4, 0.5) is 5.69 Å². The number of hydrogen-bond donors (Lipinski definition) is 0. The van der Waals surface area contributed by atoms with Crippen molar-refractivity contribution in [3.63, 3.8) is 0 Å². The lowest BCUT2D eigenvalue weighted by Gasteiger charge is -2.23. The molecule has 7 heteroatoms. The molecule has 1 aromatic heterocycles. The SMILES string of the molecule is CCN(C(=O)C(C)Sc1nnc(COc2cc(C)ccc2C)o1)c1ccccc1. The molecular formula is C22H25N3O3S. The van der Waals surface area contributed by atoms with E-state index in [2.05, 4.69) is 10.2 Å². The quantitative estimate of drug-likeness (QED) is 0.496. The molecule has 0 fully saturated rings. The smallest absolute Gasteiger partial charge is 0.277 e. The second-order valence-corrected chi connectivity index (χ2v) is 7.99. The highest BCUT2D eigenvalue weighted by Gasteiger charge is 2.24. The number of para-hydroxylation sites is 1. The van der Waals surface area contributed by atoms with Crippen LogP contribution in [0.15, 0.2) is 58.2 Å². The van der Waals surface area contributed by atoms with Crippen LogP contribution >= 0.6 is 11.8 Å². The van der Waals surface area contributed by atoms with Gasteiger partial charge in [0.25, 0.3) is 11.1 Å². The van der Waals surface area contributed by atoms with Crippen molar-refractivity contribution in [2.45, 2.75) is 44.8 Å². The molecule has 3 aromatic rings. The van der Waals surface area contributed by atoms with Gasteiger partial charge >= 0.3 is 0 Å². The number of aromatic nitrogens is 2. The van der Waals surface area contributed by atoms with E-state index in [4.69, 9.17) is 9.15 Å². The third-order valence-corrected chi connectivity index (χ3v) is 5.34. The monoisotopic (exact) mass is 411 g/mol. The molecule has 152 valence electrons. The van der Waals surface area contributed by atoms with Crippen molar-refractivity contribution >= 4 is 23.4 Å². The van der Waals surface area contributed by atoms with Gasteiger partial charge in [0.2, 0.25) is 5.91 Å². The number of carbonyl (C=O) groups is 1. The summed E-state index contributed by atoms with van der Waals surface area (Å²) < 4.78 is 11.5. The van der Waals surface area contributed by atoms with E-state index in [-0.39, 0.29) is 17.8 Å². The molecule has 0 spiro atoms. The number of thioether (sulfide) groups is 1. The molecule has 0 saturated heterocycles. The Bertz CT molecular complexity index is 959. The van der Waals surface area contributed by atoms with Gasteiger partial charge in [-0.15, -0.1) is 10.2 Å². The molecule has 1 heterocycles. The van der Waals surface area contributed by atoms with Gasteiger partial charge in [0.05, 0.1) is 5.25 Å². The molecule has 1 unspecified atom stereocenters. The van der Waals surface area contributed by atoms with Crippen molar-refractivity contribution in [2.24, 2.45) is 0 Å². The number of rotatable bonds is 8. The number of aryl methyl sites for hydroxylation is 2. The van der Waals surface area contributed by atoms with Crippen LogP contribution in [0.2, 0.25) is 0 Å². The molecule has 1 amide bonds. The average molecular weight is 412 g/mol. The summed E-state index contributed by atoms with van der Waals surface area (Å²) in [6.45, 7) is 8.58. The van der Waals surface area contributed by atoms with Crippen molar-refractivity contribution in [3.8, 4) is 5.75 Å². The highest BCUT2D eigenvalue weighted by atomic mass is 32.2. The lowest BCUT2D eigenvalue weighted by atomic mass is 10.1. The predicted molar refractivity (Wildman–Crippen MR) is 114 cm³/mol. The summed E-state index contributed by atoms with van der Waals surface area (Å²) in [6.07, 6.45) is 0. The van der Waals surface area contributed by atoms with Crippen LogP contribution in [0, 0.1) is 13.8 Å². The van der Waals surface area contributed by atoms with Gasteiger partial charge in [-0.2, -0.15) is 0 Å². The Kier molecular flexibility index (Phi) is 6.93. The summed E-state index contributed by atoms with van der Waals surface area (Å²) in [6, 6.07) is 15.6. The van der Waals surface area contributed by atoms with Gasteiger partial charge < -0.3 is 14.1 Å². The zero-order chi connectivity index (χ0) is 20.8. The normalized spacial score (nSPS) is 11.9. The standard InChI is InChI=1S/C22H25N3O3S/c1-5-25(18-9-7-6-8-10-18)21(26)17(4)29-22-24-23-20(28-22)14-27-19-13-15(2)11-12-16(19)3/h6-13,17H,5,14H2,1-4H3. The topological polar surface area (TPSA) is 68.5 Å². The Morgan fingerprint density at radius 3 is 2.66 bits per heavy atom. The highest BCUT2D eigenvalue weighted by molar-refractivity contribution is 8.00. The van der Waals surface area contributed by atoms with Crippen LogP contribution < -0.4 is 9.64 Å². The number of hydrogen-bond acceptors (Lipinski definition) is 6. The fourth-order valence-corrected chi connectivity index (χ4v) is 3.60. The Hall–Kier alpha value is -2.80. The van der Waals surface area contributed by atoms with E-state index in [0.29, 0.717) is 17.7 Å². The average Bonchev–Trinajstić information content (AvgIpc) is 3.17. The number of ether oxygens (including phenoxy) is 1. The van der Waals surface area contributed by atoms with Gasteiger partial charge in [-0.3, -0.25) is 4.79 Å². The molecule has 0 bridgehead atoms. The third-order valence-electron chi connectivity index (χ3n) is 4.42. The highest BCUT2D eigenvalue weighted by Crippen LogP contribution is 2.26. The van der Waals surface area contributed by atoms with Crippen molar-refractivity contribution in [1.82, 2.24) is 10.2 Å². The Morgan fingerprint density at radius 1 is 1.17 bits per heavy atom. The number of benzene rings is 2. The van der Waals surface area contributed by atoms with Gasteiger partial charge in [0.15, 0.2) is 6.61 Å². The van der Waals surface area contributed by atoms with Crippen LogP contribution in [0.5, 0.6) is 5.75 Å². The van der Waals surface area contributed by atoms with E-state index >= 15 is 0 Å². The zero-order valence-corrected chi connectivity index (χ0v) is 17.9. The van der Waals surface area contributed by atoms with Crippen LogP contribution in [-0.2, 0) is 11.4 Å². The molecule has 0 aliphatic heterocycles. The van der Waals surface area contributed by atoms with E-state index in [0.717, 1.165) is 22.6 Å². The molecule has 29 heavy (non-hydrogen) atoms. The van der Waals surface area contributed by atoms with E-state index in [1.165, 1.54) is 11.8 Å².